The van der Waals surface area contributed by atoms with E-state index in [2.05, 4.69) is 15.3 Å². The molecule has 1 saturated heterocycles. The summed E-state index contributed by atoms with van der Waals surface area (Å²) in [6, 6.07) is 10.2. The molecular formula is C23H22F2N6O. The molecule has 3 aromatic rings. The van der Waals surface area contributed by atoms with E-state index in [1.54, 1.807) is 47.6 Å². The Morgan fingerprint density at radius 2 is 1.91 bits per heavy atom. The zero-order valence-corrected chi connectivity index (χ0v) is 17.2. The van der Waals surface area contributed by atoms with Crippen molar-refractivity contribution in [2.45, 2.75) is 18.9 Å². The molecule has 0 aliphatic carbocycles. The highest BCUT2D eigenvalue weighted by molar-refractivity contribution is 6.48. The van der Waals surface area contributed by atoms with Crippen LogP contribution in [-0.2, 0) is 11.3 Å². The van der Waals surface area contributed by atoms with E-state index in [1.165, 1.54) is 12.4 Å². The molecule has 0 atom stereocenters. The fourth-order valence-corrected chi connectivity index (χ4v) is 3.64. The van der Waals surface area contributed by atoms with Gasteiger partial charge < -0.3 is 11.1 Å². The predicted molar refractivity (Wildman–Crippen MR) is 119 cm³/mol. The lowest BCUT2D eigenvalue weighted by Crippen LogP contribution is -2.24. The highest BCUT2D eigenvalue weighted by Gasteiger charge is 2.37. The van der Waals surface area contributed by atoms with Gasteiger partial charge in [0.15, 0.2) is 0 Å². The van der Waals surface area contributed by atoms with Crippen LogP contribution < -0.4 is 11.1 Å². The predicted octanol–water partition coefficient (Wildman–Crippen LogP) is 3.57. The van der Waals surface area contributed by atoms with Crippen LogP contribution >= 0.6 is 0 Å². The first-order valence-electron chi connectivity index (χ1n) is 10.0. The Labute approximate surface area is 183 Å². The van der Waals surface area contributed by atoms with Crippen LogP contribution in [0, 0.1) is 5.41 Å². The Morgan fingerprint density at radius 1 is 1.12 bits per heavy atom. The molecule has 3 heterocycles. The van der Waals surface area contributed by atoms with Crippen LogP contribution in [0.5, 0.6) is 0 Å². The third-order valence-corrected chi connectivity index (χ3v) is 5.27. The number of benzene rings is 1. The Kier molecular flexibility index (Phi) is 5.91. The second-order valence-electron chi connectivity index (χ2n) is 7.77. The van der Waals surface area contributed by atoms with Crippen LogP contribution in [0.2, 0.25) is 0 Å². The molecule has 0 spiro atoms. The highest BCUT2D eigenvalue weighted by Crippen LogP contribution is 2.29. The summed E-state index contributed by atoms with van der Waals surface area (Å²) in [6.07, 6.45) is 6.25. The average Bonchev–Trinajstić information content (AvgIpc) is 3.12. The van der Waals surface area contributed by atoms with Crippen molar-refractivity contribution >= 4 is 23.0 Å². The number of alkyl halides is 2. The Bertz CT molecular complexity index is 1150. The monoisotopic (exact) mass is 436 g/mol. The van der Waals surface area contributed by atoms with Crippen LogP contribution in [0.15, 0.2) is 61.2 Å². The molecule has 0 saturated carbocycles. The molecule has 0 bridgehead atoms. The van der Waals surface area contributed by atoms with Gasteiger partial charge in [-0.25, -0.2) is 8.78 Å². The number of hydrogen-bond acceptors (Lipinski definition) is 6. The van der Waals surface area contributed by atoms with E-state index in [0.717, 1.165) is 16.7 Å². The molecule has 1 aromatic carbocycles. The van der Waals surface area contributed by atoms with Gasteiger partial charge in [-0.3, -0.25) is 25.1 Å². The van der Waals surface area contributed by atoms with E-state index < -0.39 is 11.8 Å². The van der Waals surface area contributed by atoms with Gasteiger partial charge in [0, 0.05) is 66.8 Å². The van der Waals surface area contributed by atoms with Crippen molar-refractivity contribution in [2.24, 2.45) is 0 Å². The minimum atomic E-state index is -2.64. The summed E-state index contributed by atoms with van der Waals surface area (Å²) >= 11 is 0. The topological polar surface area (TPSA) is 108 Å². The molecule has 9 heteroatoms. The van der Waals surface area contributed by atoms with E-state index in [4.69, 9.17) is 11.1 Å². The van der Waals surface area contributed by atoms with Gasteiger partial charge in [0.1, 0.15) is 5.71 Å². The van der Waals surface area contributed by atoms with Gasteiger partial charge in [-0.2, -0.15) is 0 Å². The standard InChI is InChI=1S/C23H22F2N6O/c24-23(25)5-8-31(14-23)13-15-9-17(12-29-11-15)16-1-2-20(26)19(10-16)21(27)22(32)30-18-3-6-28-7-4-18/h1-4,6-7,9-12,27H,5,8,13-14,26H2,(H,28,30,32). The van der Waals surface area contributed by atoms with Gasteiger partial charge >= 0.3 is 0 Å². The van der Waals surface area contributed by atoms with Crippen molar-refractivity contribution in [3.05, 3.63) is 72.3 Å². The maximum atomic E-state index is 13.5. The van der Waals surface area contributed by atoms with Crippen molar-refractivity contribution in [2.75, 3.05) is 24.1 Å². The molecule has 1 fully saturated rings. The van der Waals surface area contributed by atoms with Crippen molar-refractivity contribution in [1.82, 2.24) is 14.9 Å². The van der Waals surface area contributed by atoms with Crippen molar-refractivity contribution < 1.29 is 13.6 Å². The molecule has 2 aromatic heterocycles. The molecule has 164 valence electrons. The number of nitrogen functional groups attached to an aromatic ring is 1. The summed E-state index contributed by atoms with van der Waals surface area (Å²) in [5, 5.41) is 11.0. The third kappa shape index (κ3) is 4.94. The largest absolute Gasteiger partial charge is 0.398 e. The summed E-state index contributed by atoms with van der Waals surface area (Å²) < 4.78 is 27.0. The number of hydrogen-bond donors (Lipinski definition) is 3. The molecule has 7 nitrogen and oxygen atoms in total. The van der Waals surface area contributed by atoms with Crippen molar-refractivity contribution in [3.8, 4) is 11.1 Å². The summed E-state index contributed by atoms with van der Waals surface area (Å²) in [7, 11) is 0. The normalized spacial score (nSPS) is 15.4. The maximum absolute atomic E-state index is 13.5. The number of rotatable bonds is 6. The number of amides is 1. The highest BCUT2D eigenvalue weighted by atomic mass is 19.3. The summed E-state index contributed by atoms with van der Waals surface area (Å²) in [5.74, 6) is -3.24. The lowest BCUT2D eigenvalue weighted by molar-refractivity contribution is -0.110. The van der Waals surface area contributed by atoms with Gasteiger partial charge in [0.25, 0.3) is 11.8 Å². The van der Waals surface area contributed by atoms with E-state index in [1.807, 2.05) is 6.07 Å². The number of pyridine rings is 2. The fraction of sp³-hybridized carbons (Fsp3) is 0.217. The Balaban J connectivity index is 1.53. The van der Waals surface area contributed by atoms with Crippen LogP contribution in [0.3, 0.4) is 0 Å². The van der Waals surface area contributed by atoms with Crippen molar-refractivity contribution in [1.29, 1.82) is 5.41 Å². The number of nitrogens with zero attached hydrogens (tertiary/aromatic N) is 3. The van der Waals surface area contributed by atoms with E-state index in [9.17, 15) is 13.6 Å². The van der Waals surface area contributed by atoms with Crippen LogP contribution in [0.25, 0.3) is 11.1 Å². The average molecular weight is 436 g/mol. The molecule has 32 heavy (non-hydrogen) atoms. The SMILES string of the molecule is N=C(C(=O)Nc1ccncc1)c1cc(-c2cncc(CN3CCC(F)(F)C3)c2)ccc1N. The van der Waals surface area contributed by atoms with Crippen LogP contribution in [-0.4, -0.2) is 45.5 Å². The molecule has 1 aliphatic rings. The van der Waals surface area contributed by atoms with Crippen LogP contribution in [0.4, 0.5) is 20.2 Å². The second-order valence-corrected chi connectivity index (χ2v) is 7.77. The molecule has 4 rings (SSSR count). The Hall–Kier alpha value is -3.72. The molecule has 4 N–H and O–H groups in total. The second kappa shape index (κ2) is 8.80. The maximum Gasteiger partial charge on any atom is 0.274 e. The number of anilines is 2. The first-order chi connectivity index (χ1) is 15.3. The summed E-state index contributed by atoms with van der Waals surface area (Å²) in [5.41, 5.74) is 9.15. The lowest BCUT2D eigenvalue weighted by atomic mass is 9.99. The molecule has 0 radical (unpaired) electrons. The number of carbonyl (C=O) groups is 1. The van der Waals surface area contributed by atoms with Gasteiger partial charge in [-0.15, -0.1) is 0 Å². The number of nitrogens with two attached hydrogens (primary N) is 1. The number of nitrogens with one attached hydrogen (secondary N) is 2. The van der Waals surface area contributed by atoms with Crippen molar-refractivity contribution in [3.63, 3.8) is 0 Å². The quantitative estimate of drug-likeness (QED) is 0.404. The smallest absolute Gasteiger partial charge is 0.274 e. The number of carbonyl (C=O) groups excluding carboxylic acids is 1. The van der Waals surface area contributed by atoms with Gasteiger partial charge in [-0.1, -0.05) is 6.07 Å². The Morgan fingerprint density at radius 3 is 2.62 bits per heavy atom. The van der Waals surface area contributed by atoms with Gasteiger partial charge in [0.2, 0.25) is 0 Å². The zero-order chi connectivity index (χ0) is 22.7. The zero-order valence-electron chi connectivity index (χ0n) is 17.2. The molecule has 0 unspecified atom stereocenters. The van der Waals surface area contributed by atoms with E-state index in [0.29, 0.717) is 30.0 Å². The molecular weight excluding hydrogens is 414 g/mol. The number of halogens is 2. The van der Waals surface area contributed by atoms with E-state index >= 15 is 0 Å². The third-order valence-electron chi connectivity index (χ3n) is 5.27. The summed E-state index contributed by atoms with van der Waals surface area (Å²) in [6.45, 7) is 0.461. The molecule has 1 aliphatic heterocycles. The number of aromatic nitrogens is 2. The van der Waals surface area contributed by atoms with Crippen LogP contribution in [0.1, 0.15) is 17.5 Å². The van der Waals surface area contributed by atoms with E-state index in [-0.39, 0.29) is 18.7 Å². The minimum Gasteiger partial charge on any atom is -0.398 e. The van der Waals surface area contributed by atoms with Gasteiger partial charge in [0.05, 0.1) is 6.54 Å². The first kappa shape index (κ1) is 21.5. The molecule has 1 amide bonds. The number of likely N-dealkylation sites (tertiary alicyclic amines) is 1. The fourth-order valence-electron chi connectivity index (χ4n) is 3.64. The first-order valence-corrected chi connectivity index (χ1v) is 10.0. The van der Waals surface area contributed by atoms with Gasteiger partial charge in [-0.05, 0) is 41.5 Å². The summed E-state index contributed by atoms with van der Waals surface area (Å²) in [4.78, 5) is 22.4. The minimum absolute atomic E-state index is 0.134. The lowest BCUT2D eigenvalue weighted by Gasteiger charge is -2.16.